The SMILES string of the molecule is Oc1ccc(C=Nn2c(-c3ccccc3)csc2=NCCc2ccccc2)c(O)c1O. The average Bonchev–Trinajstić information content (AvgIpc) is 3.21. The van der Waals surface area contributed by atoms with Gasteiger partial charge in [-0.3, -0.25) is 4.99 Å². The lowest BCUT2D eigenvalue weighted by Crippen LogP contribution is -2.13. The lowest BCUT2D eigenvalue weighted by molar-refractivity contribution is 0.367. The number of phenols is 3. The first-order valence-electron chi connectivity index (χ1n) is 9.72. The van der Waals surface area contributed by atoms with Crippen molar-refractivity contribution < 1.29 is 15.3 Å². The molecule has 31 heavy (non-hydrogen) atoms. The van der Waals surface area contributed by atoms with Gasteiger partial charge >= 0.3 is 0 Å². The van der Waals surface area contributed by atoms with E-state index in [1.54, 1.807) is 4.68 Å². The fraction of sp³-hybridized carbons (Fsp3) is 0.0833. The molecule has 4 aromatic rings. The van der Waals surface area contributed by atoms with Gasteiger partial charge in [0.15, 0.2) is 11.5 Å². The summed E-state index contributed by atoms with van der Waals surface area (Å²) in [4.78, 5) is 5.45. The Balaban J connectivity index is 1.71. The molecule has 0 fully saturated rings. The first-order valence-corrected chi connectivity index (χ1v) is 10.6. The van der Waals surface area contributed by atoms with E-state index in [0.717, 1.165) is 17.7 Å². The van der Waals surface area contributed by atoms with Crippen molar-refractivity contribution in [1.29, 1.82) is 0 Å². The highest BCUT2D eigenvalue weighted by Gasteiger charge is 2.11. The molecule has 0 radical (unpaired) electrons. The van der Waals surface area contributed by atoms with E-state index < -0.39 is 11.5 Å². The Bertz CT molecular complexity index is 1260. The molecular weight excluding hydrogens is 410 g/mol. The molecule has 1 heterocycles. The molecular formula is C24H21N3O3S. The van der Waals surface area contributed by atoms with Gasteiger partial charge in [0.2, 0.25) is 10.6 Å². The van der Waals surface area contributed by atoms with Crippen LogP contribution < -0.4 is 4.80 Å². The van der Waals surface area contributed by atoms with Crippen molar-refractivity contribution in [2.24, 2.45) is 10.1 Å². The van der Waals surface area contributed by atoms with E-state index in [0.29, 0.717) is 11.3 Å². The van der Waals surface area contributed by atoms with Crippen LogP contribution in [0.3, 0.4) is 0 Å². The molecule has 0 saturated carbocycles. The first kappa shape index (κ1) is 20.4. The molecule has 0 spiro atoms. The van der Waals surface area contributed by atoms with Gasteiger partial charge in [0.1, 0.15) is 0 Å². The van der Waals surface area contributed by atoms with E-state index >= 15 is 0 Å². The second-order valence-electron chi connectivity index (χ2n) is 6.81. The number of nitrogens with zero attached hydrogens (tertiary/aromatic N) is 3. The normalized spacial score (nSPS) is 11.9. The maximum absolute atomic E-state index is 10.1. The van der Waals surface area contributed by atoms with Crippen LogP contribution in [-0.4, -0.2) is 32.8 Å². The third-order valence-electron chi connectivity index (χ3n) is 4.72. The number of hydrogen-bond acceptors (Lipinski definition) is 6. The Morgan fingerprint density at radius 2 is 1.55 bits per heavy atom. The lowest BCUT2D eigenvalue weighted by Gasteiger charge is -2.05. The maximum atomic E-state index is 10.1. The quantitative estimate of drug-likeness (QED) is 0.313. The predicted octanol–water partition coefficient (Wildman–Crippen LogP) is 4.36. The van der Waals surface area contributed by atoms with Crippen molar-refractivity contribution in [3.05, 3.63) is 94.1 Å². The van der Waals surface area contributed by atoms with Gasteiger partial charge < -0.3 is 15.3 Å². The standard InChI is InChI=1S/C24H21N3O3S/c28-21-12-11-19(22(29)23(21)30)15-26-27-20(18-9-5-2-6-10-18)16-31-24(27)25-14-13-17-7-3-1-4-8-17/h1-12,15-16,28-30H,13-14H2. The highest BCUT2D eigenvalue weighted by molar-refractivity contribution is 7.07. The molecule has 0 aliphatic rings. The summed E-state index contributed by atoms with van der Waals surface area (Å²) in [6.07, 6.45) is 2.25. The predicted molar refractivity (Wildman–Crippen MR) is 123 cm³/mol. The first-order chi connectivity index (χ1) is 15.1. The third kappa shape index (κ3) is 4.67. The van der Waals surface area contributed by atoms with Gasteiger partial charge in [0.05, 0.1) is 11.9 Å². The van der Waals surface area contributed by atoms with Crippen molar-refractivity contribution in [2.45, 2.75) is 6.42 Å². The van der Waals surface area contributed by atoms with Gasteiger partial charge in [0, 0.05) is 23.1 Å². The topological polar surface area (TPSA) is 90.3 Å². The fourth-order valence-corrected chi connectivity index (χ4v) is 3.92. The summed E-state index contributed by atoms with van der Waals surface area (Å²) in [6.45, 7) is 0.611. The number of aromatic nitrogens is 1. The van der Waals surface area contributed by atoms with Crippen LogP contribution in [0.4, 0.5) is 0 Å². The zero-order valence-electron chi connectivity index (χ0n) is 16.6. The molecule has 0 saturated heterocycles. The van der Waals surface area contributed by atoms with Crippen molar-refractivity contribution in [2.75, 3.05) is 6.54 Å². The summed E-state index contributed by atoms with van der Waals surface area (Å²) >= 11 is 1.48. The molecule has 156 valence electrons. The van der Waals surface area contributed by atoms with Gasteiger partial charge in [-0.1, -0.05) is 60.7 Å². The average molecular weight is 432 g/mol. The molecule has 3 aromatic carbocycles. The Morgan fingerprint density at radius 1 is 0.839 bits per heavy atom. The molecule has 6 nitrogen and oxygen atoms in total. The van der Waals surface area contributed by atoms with E-state index in [1.165, 1.54) is 35.2 Å². The van der Waals surface area contributed by atoms with Gasteiger partial charge in [-0.15, -0.1) is 11.3 Å². The lowest BCUT2D eigenvalue weighted by atomic mass is 10.2. The van der Waals surface area contributed by atoms with E-state index in [2.05, 4.69) is 17.2 Å². The second-order valence-corrected chi connectivity index (χ2v) is 7.65. The molecule has 4 rings (SSSR count). The van der Waals surface area contributed by atoms with Crippen LogP contribution in [0, 0.1) is 0 Å². The van der Waals surface area contributed by atoms with Crippen molar-refractivity contribution >= 4 is 17.6 Å². The maximum Gasteiger partial charge on any atom is 0.206 e. The Labute approximate surface area is 183 Å². The molecule has 1 aromatic heterocycles. The Kier molecular flexibility index (Phi) is 6.14. The van der Waals surface area contributed by atoms with Crippen LogP contribution in [0.2, 0.25) is 0 Å². The summed E-state index contributed by atoms with van der Waals surface area (Å²) in [6, 6.07) is 22.8. The van der Waals surface area contributed by atoms with Crippen molar-refractivity contribution in [3.63, 3.8) is 0 Å². The number of rotatable bonds is 6. The Morgan fingerprint density at radius 3 is 2.29 bits per heavy atom. The zero-order chi connectivity index (χ0) is 21.6. The number of hydrogen-bond donors (Lipinski definition) is 3. The molecule has 7 heteroatoms. The highest BCUT2D eigenvalue weighted by atomic mass is 32.1. The Hall–Kier alpha value is -3.84. The number of aromatic hydroxyl groups is 3. The molecule has 0 aliphatic carbocycles. The summed E-state index contributed by atoms with van der Waals surface area (Å²) in [5.41, 5.74) is 3.34. The van der Waals surface area contributed by atoms with Gasteiger partial charge in [-0.2, -0.15) is 5.10 Å². The van der Waals surface area contributed by atoms with Crippen LogP contribution in [0.25, 0.3) is 11.3 Å². The molecule has 0 aliphatic heterocycles. The zero-order valence-corrected chi connectivity index (χ0v) is 17.4. The summed E-state index contributed by atoms with van der Waals surface area (Å²) < 4.78 is 1.72. The van der Waals surface area contributed by atoms with E-state index in [1.807, 2.05) is 53.9 Å². The monoisotopic (exact) mass is 431 g/mol. The van der Waals surface area contributed by atoms with Crippen LogP contribution >= 0.6 is 11.3 Å². The number of benzene rings is 3. The minimum atomic E-state index is -0.574. The van der Waals surface area contributed by atoms with E-state index in [-0.39, 0.29) is 11.3 Å². The molecule has 0 unspecified atom stereocenters. The minimum Gasteiger partial charge on any atom is -0.504 e. The summed E-state index contributed by atoms with van der Waals surface area (Å²) in [7, 11) is 0. The number of thiazole rings is 1. The fourth-order valence-electron chi connectivity index (χ4n) is 3.06. The second kappa shape index (κ2) is 9.32. The summed E-state index contributed by atoms with van der Waals surface area (Å²) in [5.74, 6) is -1.39. The van der Waals surface area contributed by atoms with Crippen LogP contribution in [0.15, 0.2) is 88.3 Å². The number of phenolic OH excluding ortho intramolecular Hbond substituents is 3. The summed E-state index contributed by atoms with van der Waals surface area (Å²) in [5, 5.41) is 35.9. The van der Waals surface area contributed by atoms with E-state index in [4.69, 9.17) is 4.99 Å². The highest BCUT2D eigenvalue weighted by Crippen LogP contribution is 2.36. The van der Waals surface area contributed by atoms with Gasteiger partial charge in [-0.25, -0.2) is 4.68 Å². The van der Waals surface area contributed by atoms with Gasteiger partial charge in [-0.05, 0) is 24.1 Å². The van der Waals surface area contributed by atoms with Crippen LogP contribution in [0.1, 0.15) is 11.1 Å². The molecule has 0 atom stereocenters. The third-order valence-corrected chi connectivity index (χ3v) is 5.57. The van der Waals surface area contributed by atoms with Gasteiger partial charge in [0.25, 0.3) is 0 Å². The largest absolute Gasteiger partial charge is 0.504 e. The van der Waals surface area contributed by atoms with Crippen LogP contribution in [-0.2, 0) is 6.42 Å². The molecule has 0 bridgehead atoms. The van der Waals surface area contributed by atoms with Crippen LogP contribution in [0.5, 0.6) is 17.2 Å². The minimum absolute atomic E-state index is 0.281. The smallest absolute Gasteiger partial charge is 0.206 e. The molecule has 0 amide bonds. The van der Waals surface area contributed by atoms with E-state index in [9.17, 15) is 15.3 Å². The van der Waals surface area contributed by atoms with Crippen molar-refractivity contribution in [3.8, 4) is 28.5 Å². The molecule has 3 N–H and O–H groups in total. The van der Waals surface area contributed by atoms with Crippen molar-refractivity contribution in [1.82, 2.24) is 4.68 Å².